The monoisotopic (exact) mass is 376 g/mol. The highest BCUT2D eigenvalue weighted by Crippen LogP contribution is 2.18. The number of sulfonamides is 1. The van der Waals surface area contributed by atoms with Crippen molar-refractivity contribution < 1.29 is 13.2 Å². The quantitative estimate of drug-likeness (QED) is 0.576. The molecule has 0 bridgehead atoms. The Labute approximate surface area is 130 Å². The van der Waals surface area contributed by atoms with E-state index in [1.807, 2.05) is 0 Å². The first-order valence-corrected chi connectivity index (χ1v) is 8.97. The van der Waals surface area contributed by atoms with Gasteiger partial charge in [0.25, 0.3) is 5.91 Å². The van der Waals surface area contributed by atoms with Crippen LogP contribution >= 0.6 is 27.7 Å². The summed E-state index contributed by atoms with van der Waals surface area (Å²) in [5.74, 6) is 3.39. The van der Waals surface area contributed by atoms with Crippen LogP contribution in [-0.4, -0.2) is 32.4 Å². The molecule has 0 unspecified atom stereocenters. The van der Waals surface area contributed by atoms with E-state index in [1.54, 1.807) is 0 Å². The van der Waals surface area contributed by atoms with Crippen LogP contribution in [0.4, 0.5) is 0 Å². The zero-order valence-electron chi connectivity index (χ0n) is 10.4. The van der Waals surface area contributed by atoms with E-state index in [2.05, 4.69) is 27.2 Å². The molecule has 20 heavy (non-hydrogen) atoms. The van der Waals surface area contributed by atoms with Crippen molar-refractivity contribution in [1.82, 2.24) is 5.32 Å². The highest BCUT2D eigenvalue weighted by Gasteiger charge is 2.13. The first-order chi connectivity index (χ1) is 9.34. The Bertz CT molecular complexity index is 639. The van der Waals surface area contributed by atoms with Gasteiger partial charge < -0.3 is 5.32 Å². The summed E-state index contributed by atoms with van der Waals surface area (Å²) >= 11 is 4.67. The molecule has 0 saturated carbocycles. The van der Waals surface area contributed by atoms with Gasteiger partial charge in [-0.25, -0.2) is 13.6 Å². The average molecular weight is 377 g/mol. The van der Waals surface area contributed by atoms with E-state index in [1.165, 1.54) is 30.0 Å². The van der Waals surface area contributed by atoms with Crippen LogP contribution in [0.25, 0.3) is 0 Å². The number of primary sulfonamides is 1. The van der Waals surface area contributed by atoms with Crippen molar-refractivity contribution in [2.45, 2.75) is 4.90 Å². The minimum Gasteiger partial charge on any atom is -0.351 e. The van der Waals surface area contributed by atoms with Gasteiger partial charge in [-0.3, -0.25) is 4.79 Å². The summed E-state index contributed by atoms with van der Waals surface area (Å²) in [5.41, 5.74) is 0.227. The number of hydrogen-bond donors (Lipinski definition) is 2. The smallest absolute Gasteiger partial charge is 0.251 e. The number of terminal acetylenes is 1. The molecular weight excluding hydrogens is 364 g/mol. The number of benzene rings is 1. The van der Waals surface area contributed by atoms with Crippen LogP contribution in [0.5, 0.6) is 0 Å². The second-order valence-corrected chi connectivity index (χ2v) is 7.32. The zero-order valence-corrected chi connectivity index (χ0v) is 13.6. The van der Waals surface area contributed by atoms with Crippen LogP contribution in [0.15, 0.2) is 27.6 Å². The van der Waals surface area contributed by atoms with Crippen molar-refractivity contribution in [3.8, 4) is 12.3 Å². The lowest BCUT2D eigenvalue weighted by atomic mass is 10.2. The molecule has 0 atom stereocenters. The predicted octanol–water partition coefficient (Wildman–Crippen LogP) is 1.19. The van der Waals surface area contributed by atoms with Crippen LogP contribution < -0.4 is 10.5 Å². The average Bonchev–Trinajstić information content (AvgIpc) is 2.36. The van der Waals surface area contributed by atoms with Crippen LogP contribution in [0, 0.1) is 12.3 Å². The topological polar surface area (TPSA) is 89.3 Å². The van der Waals surface area contributed by atoms with Crippen LogP contribution in [0.3, 0.4) is 0 Å². The first-order valence-electron chi connectivity index (χ1n) is 5.47. The van der Waals surface area contributed by atoms with Crippen molar-refractivity contribution in [3.05, 3.63) is 28.2 Å². The third-order valence-electron chi connectivity index (χ3n) is 2.18. The fourth-order valence-corrected chi connectivity index (χ4v) is 3.06. The van der Waals surface area contributed by atoms with E-state index in [-0.39, 0.29) is 16.4 Å². The largest absolute Gasteiger partial charge is 0.351 e. The van der Waals surface area contributed by atoms with Gasteiger partial charge >= 0.3 is 0 Å². The lowest BCUT2D eigenvalue weighted by Gasteiger charge is -2.07. The molecule has 8 heteroatoms. The number of carbonyl (C=O) groups is 1. The fourth-order valence-electron chi connectivity index (χ4n) is 1.33. The van der Waals surface area contributed by atoms with Gasteiger partial charge in [-0.05, 0) is 18.2 Å². The molecule has 1 aromatic carbocycles. The molecule has 1 amide bonds. The second kappa shape index (κ2) is 7.69. The molecule has 0 aliphatic rings. The van der Waals surface area contributed by atoms with Crippen molar-refractivity contribution in [2.75, 3.05) is 18.1 Å². The fraction of sp³-hybridized carbons (Fsp3) is 0.250. The molecule has 1 rings (SSSR count). The van der Waals surface area contributed by atoms with Gasteiger partial charge in [-0.15, -0.1) is 18.2 Å². The minimum atomic E-state index is -3.85. The van der Waals surface area contributed by atoms with E-state index in [0.717, 1.165) is 0 Å². The van der Waals surface area contributed by atoms with Crippen molar-refractivity contribution in [2.24, 2.45) is 5.14 Å². The maximum atomic E-state index is 11.9. The Balaban J connectivity index is 2.74. The van der Waals surface area contributed by atoms with Crippen molar-refractivity contribution in [3.63, 3.8) is 0 Å². The van der Waals surface area contributed by atoms with E-state index in [0.29, 0.717) is 22.5 Å². The zero-order chi connectivity index (χ0) is 15.2. The maximum Gasteiger partial charge on any atom is 0.251 e. The summed E-state index contributed by atoms with van der Waals surface area (Å²) in [5, 5.41) is 7.73. The predicted molar refractivity (Wildman–Crippen MR) is 84.0 cm³/mol. The molecule has 0 saturated heterocycles. The number of thioether (sulfide) groups is 1. The molecule has 0 aromatic heterocycles. The highest BCUT2D eigenvalue weighted by molar-refractivity contribution is 9.10. The van der Waals surface area contributed by atoms with Gasteiger partial charge in [-0.2, -0.15) is 0 Å². The summed E-state index contributed by atoms with van der Waals surface area (Å²) in [6, 6.07) is 4.11. The molecule has 1 aromatic rings. The lowest BCUT2D eigenvalue weighted by molar-refractivity contribution is 0.0956. The van der Waals surface area contributed by atoms with Crippen LogP contribution in [-0.2, 0) is 10.0 Å². The molecule has 0 aliphatic carbocycles. The number of nitrogens with one attached hydrogen (secondary N) is 1. The highest BCUT2D eigenvalue weighted by atomic mass is 79.9. The Morgan fingerprint density at radius 2 is 2.15 bits per heavy atom. The summed E-state index contributed by atoms with van der Waals surface area (Å²) < 4.78 is 23.1. The number of halogens is 1. The Morgan fingerprint density at radius 3 is 2.75 bits per heavy atom. The van der Waals surface area contributed by atoms with Gasteiger partial charge in [0, 0.05) is 22.3 Å². The molecule has 108 valence electrons. The molecule has 0 radical (unpaired) electrons. The summed E-state index contributed by atoms with van der Waals surface area (Å²) in [6.07, 6.45) is 5.10. The van der Waals surface area contributed by atoms with Gasteiger partial charge in [0.15, 0.2) is 0 Å². The molecular formula is C12H13BrN2O3S2. The van der Waals surface area contributed by atoms with E-state index >= 15 is 0 Å². The third kappa shape index (κ3) is 5.54. The number of rotatable bonds is 6. The third-order valence-corrected chi connectivity index (χ3v) is 4.39. The number of nitrogens with two attached hydrogens (primary N) is 1. The van der Waals surface area contributed by atoms with E-state index < -0.39 is 10.0 Å². The Kier molecular flexibility index (Phi) is 6.55. The van der Waals surface area contributed by atoms with Gasteiger partial charge in [0.05, 0.1) is 10.6 Å². The molecule has 3 N–H and O–H groups in total. The van der Waals surface area contributed by atoms with Crippen molar-refractivity contribution in [1.29, 1.82) is 0 Å². The molecule has 5 nitrogen and oxygen atoms in total. The lowest BCUT2D eigenvalue weighted by Crippen LogP contribution is -2.26. The SMILES string of the molecule is C#CCSCCNC(=O)c1cc(Br)cc(S(N)(=O)=O)c1. The van der Waals surface area contributed by atoms with Crippen molar-refractivity contribution >= 4 is 43.6 Å². The number of amides is 1. The normalized spacial score (nSPS) is 10.8. The van der Waals surface area contributed by atoms with E-state index in [9.17, 15) is 13.2 Å². The minimum absolute atomic E-state index is 0.112. The molecule has 0 aliphatic heterocycles. The summed E-state index contributed by atoms with van der Waals surface area (Å²) in [4.78, 5) is 11.8. The summed E-state index contributed by atoms with van der Waals surface area (Å²) in [6.45, 7) is 0.447. The van der Waals surface area contributed by atoms with E-state index in [4.69, 9.17) is 11.6 Å². The summed E-state index contributed by atoms with van der Waals surface area (Å²) in [7, 11) is -3.85. The second-order valence-electron chi connectivity index (χ2n) is 3.73. The maximum absolute atomic E-state index is 11.9. The molecule has 0 fully saturated rings. The number of carbonyl (C=O) groups excluding carboxylic acids is 1. The van der Waals surface area contributed by atoms with Gasteiger partial charge in [-0.1, -0.05) is 21.9 Å². The molecule has 0 spiro atoms. The van der Waals surface area contributed by atoms with Crippen LogP contribution in [0.2, 0.25) is 0 Å². The molecule has 0 heterocycles. The Morgan fingerprint density at radius 1 is 1.45 bits per heavy atom. The van der Waals surface area contributed by atoms with Crippen LogP contribution in [0.1, 0.15) is 10.4 Å². The van der Waals surface area contributed by atoms with Gasteiger partial charge in [0.1, 0.15) is 0 Å². The Hall–Kier alpha value is -1.01. The standard InChI is InChI=1S/C12H13BrN2O3S2/c1-2-4-19-5-3-15-12(16)9-6-10(13)8-11(7-9)20(14,17)18/h1,6-8H,3-5H2,(H,15,16)(H2,14,17,18). The number of hydrogen-bond acceptors (Lipinski definition) is 4. The first kappa shape index (κ1) is 17.0. The van der Waals surface area contributed by atoms with Gasteiger partial charge in [0.2, 0.25) is 10.0 Å².